The lowest BCUT2D eigenvalue weighted by Gasteiger charge is -2.29. The predicted molar refractivity (Wildman–Crippen MR) is 107 cm³/mol. The zero-order chi connectivity index (χ0) is 21.7. The summed E-state index contributed by atoms with van der Waals surface area (Å²) in [5.41, 5.74) is 2.66. The van der Waals surface area contributed by atoms with Crippen molar-refractivity contribution in [2.75, 3.05) is 0 Å². The van der Waals surface area contributed by atoms with Gasteiger partial charge in [-0.25, -0.2) is 0 Å². The van der Waals surface area contributed by atoms with Gasteiger partial charge in [0.1, 0.15) is 0 Å². The molecule has 0 radical (unpaired) electrons. The zero-order valence-electron chi connectivity index (χ0n) is 17.2. The smallest absolute Gasteiger partial charge is 0.415 e. The molecule has 0 spiro atoms. The molecule has 5 nitrogen and oxygen atoms in total. The molecule has 0 fully saturated rings. The summed E-state index contributed by atoms with van der Waals surface area (Å²) in [6.07, 6.45) is -0.158. The Bertz CT molecular complexity index is 1110. The Labute approximate surface area is 172 Å². The Hall–Kier alpha value is -2.90. The number of rotatable bonds is 4. The minimum atomic E-state index is -4.48. The minimum Gasteiger partial charge on any atom is -0.415 e. The maximum Gasteiger partial charge on any atom is 0.416 e. The zero-order valence-corrected chi connectivity index (χ0v) is 17.2. The van der Waals surface area contributed by atoms with Gasteiger partial charge < -0.3 is 4.42 Å². The van der Waals surface area contributed by atoms with Crippen LogP contribution in [0.1, 0.15) is 42.7 Å². The normalized spacial score (nSPS) is 15.8. The molecule has 1 aromatic carbocycles. The van der Waals surface area contributed by atoms with Crippen molar-refractivity contribution in [3.63, 3.8) is 0 Å². The topological polar surface area (TPSA) is 56.7 Å². The van der Waals surface area contributed by atoms with Crippen LogP contribution in [0.25, 0.3) is 23.0 Å². The summed E-state index contributed by atoms with van der Waals surface area (Å²) in [6.45, 7) is 7.97. The van der Waals surface area contributed by atoms with E-state index in [1.54, 1.807) is 6.07 Å². The molecule has 4 rings (SSSR count). The molecular weight excluding hydrogens is 393 g/mol. The Morgan fingerprint density at radius 1 is 1.23 bits per heavy atom. The van der Waals surface area contributed by atoms with Crippen LogP contribution in [0.15, 0.2) is 35.3 Å². The average Bonchev–Trinajstić information content (AvgIpc) is 3.26. The number of alkyl halides is 3. The van der Waals surface area contributed by atoms with Gasteiger partial charge in [-0.15, -0.1) is 16.8 Å². The van der Waals surface area contributed by atoms with Gasteiger partial charge in [0, 0.05) is 23.9 Å². The van der Waals surface area contributed by atoms with E-state index in [1.807, 2.05) is 11.7 Å². The lowest BCUT2D eigenvalue weighted by atomic mass is 9.76. The first-order valence-corrected chi connectivity index (χ1v) is 9.79. The Morgan fingerprint density at radius 3 is 2.67 bits per heavy atom. The molecule has 30 heavy (non-hydrogen) atoms. The second kappa shape index (κ2) is 7.11. The van der Waals surface area contributed by atoms with Crippen molar-refractivity contribution in [1.29, 1.82) is 0 Å². The first-order chi connectivity index (χ1) is 14.1. The van der Waals surface area contributed by atoms with E-state index in [0.717, 1.165) is 36.6 Å². The predicted octanol–water partition coefficient (Wildman–Crippen LogP) is 5.40. The van der Waals surface area contributed by atoms with Gasteiger partial charge in [-0.05, 0) is 48.8 Å². The molecule has 2 heterocycles. The van der Waals surface area contributed by atoms with Gasteiger partial charge in [-0.1, -0.05) is 26.0 Å². The fourth-order valence-corrected chi connectivity index (χ4v) is 4.01. The molecule has 0 amide bonds. The van der Waals surface area contributed by atoms with Crippen molar-refractivity contribution in [1.82, 2.24) is 20.0 Å². The van der Waals surface area contributed by atoms with Gasteiger partial charge in [-0.3, -0.25) is 4.68 Å². The molecule has 1 aliphatic carbocycles. The van der Waals surface area contributed by atoms with E-state index in [4.69, 9.17) is 4.42 Å². The number of benzene rings is 1. The molecule has 0 unspecified atom stereocenters. The van der Waals surface area contributed by atoms with Crippen molar-refractivity contribution < 1.29 is 17.6 Å². The largest absolute Gasteiger partial charge is 0.416 e. The summed E-state index contributed by atoms with van der Waals surface area (Å²) in [5, 5.41) is 12.6. The number of aromatic nitrogens is 4. The number of allylic oxidation sites excluding steroid dienone is 1. The maximum absolute atomic E-state index is 13.5. The van der Waals surface area contributed by atoms with E-state index < -0.39 is 11.7 Å². The average molecular weight is 416 g/mol. The number of aryl methyl sites for hydroxylation is 1. The van der Waals surface area contributed by atoms with E-state index >= 15 is 0 Å². The monoisotopic (exact) mass is 416 g/mol. The van der Waals surface area contributed by atoms with E-state index in [1.165, 1.54) is 12.1 Å². The number of halogens is 3. The lowest BCUT2D eigenvalue weighted by Crippen LogP contribution is -2.23. The third-order valence-corrected chi connectivity index (χ3v) is 5.63. The molecule has 0 bridgehead atoms. The van der Waals surface area contributed by atoms with Crippen LogP contribution in [0.3, 0.4) is 0 Å². The molecule has 158 valence electrons. The Kier molecular flexibility index (Phi) is 4.83. The molecule has 0 aliphatic heterocycles. The van der Waals surface area contributed by atoms with Gasteiger partial charge in [0.25, 0.3) is 5.89 Å². The van der Waals surface area contributed by atoms with Crippen molar-refractivity contribution in [3.8, 4) is 23.0 Å². The summed E-state index contributed by atoms with van der Waals surface area (Å²) in [4.78, 5) is 0. The second-order valence-corrected chi connectivity index (χ2v) is 8.51. The van der Waals surface area contributed by atoms with Crippen LogP contribution in [0.2, 0.25) is 0 Å². The highest BCUT2D eigenvalue weighted by Crippen LogP contribution is 2.39. The van der Waals surface area contributed by atoms with Gasteiger partial charge in [0.15, 0.2) is 5.69 Å². The highest BCUT2D eigenvalue weighted by molar-refractivity contribution is 5.60. The van der Waals surface area contributed by atoms with Crippen LogP contribution in [-0.4, -0.2) is 20.0 Å². The standard InChI is InChI=1S/C22H23F3N4O/c1-5-6-13-7-8-14(11-16(13)22(23,24)25)19-26-27-20(30-19)18-15-9-10-21(2,3)12-17(15)29(4)28-18/h5,7-8,11H,1,6,9-10,12H2,2-4H3. The number of fused-ring (bicyclic) bond motifs is 1. The van der Waals surface area contributed by atoms with E-state index in [0.29, 0.717) is 5.69 Å². The van der Waals surface area contributed by atoms with E-state index in [2.05, 4.69) is 35.7 Å². The van der Waals surface area contributed by atoms with Gasteiger partial charge in [0.05, 0.1) is 5.56 Å². The third kappa shape index (κ3) is 3.66. The van der Waals surface area contributed by atoms with Crippen molar-refractivity contribution in [2.24, 2.45) is 12.5 Å². The number of hydrogen-bond donors (Lipinski definition) is 0. The SMILES string of the molecule is C=CCc1ccc(-c2nnc(-c3nn(C)c4c3CCC(C)(C)C4)o2)cc1C(F)(F)F. The van der Waals surface area contributed by atoms with Crippen molar-refractivity contribution in [3.05, 3.63) is 53.2 Å². The van der Waals surface area contributed by atoms with Crippen LogP contribution < -0.4 is 0 Å². The summed E-state index contributed by atoms with van der Waals surface area (Å²) >= 11 is 0. The first-order valence-electron chi connectivity index (χ1n) is 9.79. The highest BCUT2D eigenvalue weighted by atomic mass is 19.4. The summed E-state index contributed by atoms with van der Waals surface area (Å²) in [7, 11) is 1.88. The maximum atomic E-state index is 13.5. The van der Waals surface area contributed by atoms with Crippen LogP contribution >= 0.6 is 0 Å². The quantitative estimate of drug-likeness (QED) is 0.535. The molecule has 3 aromatic rings. The van der Waals surface area contributed by atoms with Gasteiger partial charge in [-0.2, -0.15) is 18.3 Å². The molecule has 2 aromatic heterocycles. The van der Waals surface area contributed by atoms with Crippen LogP contribution in [0.4, 0.5) is 13.2 Å². The molecule has 0 saturated heterocycles. The highest BCUT2D eigenvalue weighted by Gasteiger charge is 2.34. The number of nitrogens with zero attached hydrogens (tertiary/aromatic N) is 4. The summed E-state index contributed by atoms with van der Waals surface area (Å²) in [5.74, 6) is 0.265. The summed E-state index contributed by atoms with van der Waals surface area (Å²) in [6, 6.07) is 4.03. The Morgan fingerprint density at radius 2 is 1.97 bits per heavy atom. The Balaban J connectivity index is 1.72. The van der Waals surface area contributed by atoms with Gasteiger partial charge in [0.2, 0.25) is 5.89 Å². The van der Waals surface area contributed by atoms with E-state index in [-0.39, 0.29) is 34.7 Å². The molecule has 1 aliphatic rings. The first kappa shape index (κ1) is 20.4. The summed E-state index contributed by atoms with van der Waals surface area (Å²) < 4.78 is 48.0. The fourth-order valence-electron chi connectivity index (χ4n) is 4.01. The lowest BCUT2D eigenvalue weighted by molar-refractivity contribution is -0.138. The van der Waals surface area contributed by atoms with Crippen LogP contribution in [-0.2, 0) is 32.5 Å². The minimum absolute atomic E-state index is 0.0381. The molecular formula is C22H23F3N4O. The van der Waals surface area contributed by atoms with Crippen molar-refractivity contribution >= 4 is 0 Å². The van der Waals surface area contributed by atoms with Crippen LogP contribution in [0, 0.1) is 5.41 Å². The number of hydrogen-bond acceptors (Lipinski definition) is 4. The van der Waals surface area contributed by atoms with Crippen molar-refractivity contribution in [2.45, 2.75) is 45.7 Å². The molecule has 0 atom stereocenters. The fraction of sp³-hybridized carbons (Fsp3) is 0.409. The van der Waals surface area contributed by atoms with E-state index in [9.17, 15) is 13.2 Å². The third-order valence-electron chi connectivity index (χ3n) is 5.63. The van der Waals surface area contributed by atoms with Gasteiger partial charge >= 0.3 is 6.18 Å². The van der Waals surface area contributed by atoms with Crippen LogP contribution in [0.5, 0.6) is 0 Å². The second-order valence-electron chi connectivity index (χ2n) is 8.51. The molecule has 8 heteroatoms. The molecule has 0 N–H and O–H groups in total. The molecule has 0 saturated carbocycles.